The summed E-state index contributed by atoms with van der Waals surface area (Å²) in [6.07, 6.45) is 1.43. The van der Waals surface area contributed by atoms with Gasteiger partial charge in [0, 0.05) is 10.8 Å². The number of nitrogens with zero attached hydrogens (tertiary/aromatic N) is 2. The molecule has 0 aliphatic carbocycles. The number of carbonyl (C=O) groups is 1. The first-order valence-corrected chi connectivity index (χ1v) is 7.50. The highest BCUT2D eigenvalue weighted by Crippen LogP contribution is 2.27. The summed E-state index contributed by atoms with van der Waals surface area (Å²) in [5.74, 6) is 2.23. The summed E-state index contributed by atoms with van der Waals surface area (Å²) in [6.45, 7) is 0. The predicted octanol–water partition coefficient (Wildman–Crippen LogP) is 2.78. The van der Waals surface area contributed by atoms with Gasteiger partial charge >= 0.3 is 0 Å². The molecule has 1 saturated heterocycles. The molecule has 1 amide bonds. The van der Waals surface area contributed by atoms with Crippen molar-refractivity contribution in [2.75, 3.05) is 11.5 Å². The fourth-order valence-electron chi connectivity index (χ4n) is 2.27. The van der Waals surface area contributed by atoms with Gasteiger partial charge in [-0.3, -0.25) is 4.79 Å². The Morgan fingerprint density at radius 1 is 1.44 bits per heavy atom. The van der Waals surface area contributed by atoms with Crippen molar-refractivity contribution < 1.29 is 4.79 Å². The Labute approximate surface area is 115 Å². The number of hydrogen-bond donors (Lipinski definition) is 0. The minimum absolute atomic E-state index is 0.109. The van der Waals surface area contributed by atoms with E-state index in [1.807, 2.05) is 36.0 Å². The van der Waals surface area contributed by atoms with Crippen molar-refractivity contribution in [1.29, 1.82) is 0 Å². The van der Waals surface area contributed by atoms with Crippen LogP contribution in [0.4, 0.5) is 0 Å². The van der Waals surface area contributed by atoms with Gasteiger partial charge in [-0.1, -0.05) is 23.7 Å². The number of thioether (sulfide) groups is 1. The molecular formula is C13H13ClN2OS. The monoisotopic (exact) mass is 280 g/mol. The van der Waals surface area contributed by atoms with Crippen LogP contribution < -0.4 is 0 Å². The molecule has 0 saturated carbocycles. The van der Waals surface area contributed by atoms with Crippen LogP contribution in [0.1, 0.15) is 18.4 Å². The third-order valence-electron chi connectivity index (χ3n) is 3.21. The lowest BCUT2D eigenvalue weighted by Gasteiger charge is -2.18. The Kier molecular flexibility index (Phi) is 3.31. The summed E-state index contributed by atoms with van der Waals surface area (Å²) in [6, 6.07) is 7.80. The van der Waals surface area contributed by atoms with E-state index in [1.54, 1.807) is 5.01 Å². The molecule has 1 fully saturated rings. The van der Waals surface area contributed by atoms with Crippen LogP contribution in [0, 0.1) is 0 Å². The average Bonchev–Trinajstić information content (AvgIpc) is 2.97. The smallest absolute Gasteiger partial charge is 0.249 e. The Balaban J connectivity index is 1.85. The van der Waals surface area contributed by atoms with Crippen molar-refractivity contribution in [3.63, 3.8) is 0 Å². The van der Waals surface area contributed by atoms with E-state index in [-0.39, 0.29) is 11.9 Å². The first-order valence-electron chi connectivity index (χ1n) is 5.97. The van der Waals surface area contributed by atoms with Crippen molar-refractivity contribution >= 4 is 35.0 Å². The molecule has 5 heteroatoms. The third kappa shape index (κ3) is 2.27. The Morgan fingerprint density at radius 2 is 2.33 bits per heavy atom. The molecule has 1 aromatic carbocycles. The molecule has 2 heterocycles. The average molecular weight is 281 g/mol. The van der Waals surface area contributed by atoms with Crippen LogP contribution in [0.2, 0.25) is 5.02 Å². The van der Waals surface area contributed by atoms with E-state index in [9.17, 15) is 4.79 Å². The highest BCUT2D eigenvalue weighted by molar-refractivity contribution is 7.99. The fourth-order valence-corrected chi connectivity index (χ4v) is 3.65. The molecule has 94 valence electrons. The van der Waals surface area contributed by atoms with Crippen molar-refractivity contribution in [3.05, 3.63) is 34.9 Å². The molecule has 18 heavy (non-hydrogen) atoms. The molecular weight excluding hydrogens is 268 g/mol. The number of hydrazone groups is 1. The molecule has 0 bridgehead atoms. The van der Waals surface area contributed by atoms with E-state index in [2.05, 4.69) is 5.10 Å². The van der Waals surface area contributed by atoms with E-state index in [0.29, 0.717) is 11.4 Å². The number of rotatable bonds is 2. The highest BCUT2D eigenvalue weighted by Gasteiger charge is 2.32. The maximum atomic E-state index is 12.0. The molecule has 0 spiro atoms. The summed E-state index contributed by atoms with van der Waals surface area (Å²) in [5, 5.41) is 6.85. The number of carbonyl (C=O) groups excluding carboxylic acids is 1. The highest BCUT2D eigenvalue weighted by atomic mass is 35.5. The summed E-state index contributed by atoms with van der Waals surface area (Å²) in [4.78, 5) is 12.0. The molecule has 1 atom stereocenters. The first kappa shape index (κ1) is 12.1. The summed E-state index contributed by atoms with van der Waals surface area (Å²) in [7, 11) is 0. The molecule has 2 aliphatic rings. The van der Waals surface area contributed by atoms with Crippen LogP contribution in [0.5, 0.6) is 0 Å². The van der Waals surface area contributed by atoms with Gasteiger partial charge in [0.2, 0.25) is 5.91 Å². The van der Waals surface area contributed by atoms with E-state index in [4.69, 9.17) is 11.6 Å². The number of halogens is 1. The second kappa shape index (κ2) is 4.94. The largest absolute Gasteiger partial charge is 0.273 e. The lowest BCUT2D eigenvalue weighted by molar-refractivity contribution is -0.130. The zero-order chi connectivity index (χ0) is 12.5. The zero-order valence-corrected chi connectivity index (χ0v) is 11.4. The topological polar surface area (TPSA) is 32.7 Å². The van der Waals surface area contributed by atoms with Crippen LogP contribution in [-0.2, 0) is 4.79 Å². The zero-order valence-electron chi connectivity index (χ0n) is 9.80. The Hall–Kier alpha value is -1.00. The lowest BCUT2D eigenvalue weighted by atomic mass is 10.1. The molecule has 3 nitrogen and oxygen atoms in total. The molecule has 2 aliphatic heterocycles. The van der Waals surface area contributed by atoms with Crippen LogP contribution in [0.3, 0.4) is 0 Å². The van der Waals surface area contributed by atoms with E-state index < -0.39 is 0 Å². The number of amides is 1. The van der Waals surface area contributed by atoms with Crippen LogP contribution >= 0.6 is 23.4 Å². The van der Waals surface area contributed by atoms with Crippen LogP contribution in [0.15, 0.2) is 29.4 Å². The lowest BCUT2D eigenvalue weighted by Crippen LogP contribution is -2.32. The van der Waals surface area contributed by atoms with Gasteiger partial charge in [-0.05, 0) is 29.9 Å². The second-order valence-electron chi connectivity index (χ2n) is 4.49. The SMILES string of the molecule is O=C1CC(c2cccc(Cl)c2)=NN1C1CCSC1. The fraction of sp³-hybridized carbons (Fsp3) is 0.385. The summed E-state index contributed by atoms with van der Waals surface area (Å²) in [5.41, 5.74) is 1.78. The standard InChI is InChI=1S/C13H13ClN2OS/c14-10-3-1-2-9(6-10)12-7-13(17)16(15-12)11-4-5-18-8-11/h1-3,6,11H,4-5,7-8H2. The Morgan fingerprint density at radius 3 is 3.06 bits per heavy atom. The molecule has 0 radical (unpaired) electrons. The van der Waals surface area contributed by atoms with E-state index in [1.165, 1.54) is 0 Å². The minimum Gasteiger partial charge on any atom is -0.273 e. The molecule has 1 aromatic rings. The normalized spacial score (nSPS) is 23.6. The third-order valence-corrected chi connectivity index (χ3v) is 4.59. The van der Waals surface area contributed by atoms with Gasteiger partial charge in [0.25, 0.3) is 0 Å². The van der Waals surface area contributed by atoms with Gasteiger partial charge in [-0.2, -0.15) is 16.9 Å². The number of benzene rings is 1. The molecule has 1 unspecified atom stereocenters. The van der Waals surface area contributed by atoms with Gasteiger partial charge in [0.1, 0.15) is 0 Å². The second-order valence-corrected chi connectivity index (χ2v) is 6.08. The van der Waals surface area contributed by atoms with Crippen LogP contribution in [-0.4, -0.2) is 34.2 Å². The Bertz CT molecular complexity index is 511. The quantitative estimate of drug-likeness (QED) is 0.834. The van der Waals surface area contributed by atoms with Crippen molar-refractivity contribution in [2.24, 2.45) is 5.10 Å². The van der Waals surface area contributed by atoms with E-state index >= 15 is 0 Å². The van der Waals surface area contributed by atoms with Crippen molar-refractivity contribution in [3.8, 4) is 0 Å². The maximum Gasteiger partial charge on any atom is 0.249 e. The van der Waals surface area contributed by atoms with Gasteiger partial charge in [-0.25, -0.2) is 5.01 Å². The van der Waals surface area contributed by atoms with Gasteiger partial charge < -0.3 is 0 Å². The van der Waals surface area contributed by atoms with Gasteiger partial charge in [-0.15, -0.1) is 0 Å². The summed E-state index contributed by atoms with van der Waals surface area (Å²) < 4.78 is 0. The minimum atomic E-state index is 0.109. The van der Waals surface area contributed by atoms with Gasteiger partial charge in [0.05, 0.1) is 18.2 Å². The van der Waals surface area contributed by atoms with Crippen molar-refractivity contribution in [2.45, 2.75) is 18.9 Å². The molecule has 3 rings (SSSR count). The summed E-state index contributed by atoms with van der Waals surface area (Å²) >= 11 is 7.85. The van der Waals surface area contributed by atoms with Gasteiger partial charge in [0.15, 0.2) is 0 Å². The number of hydrogen-bond acceptors (Lipinski definition) is 3. The molecule has 0 N–H and O–H groups in total. The van der Waals surface area contributed by atoms with Crippen LogP contribution in [0.25, 0.3) is 0 Å². The van der Waals surface area contributed by atoms with Crippen molar-refractivity contribution in [1.82, 2.24) is 5.01 Å². The maximum absolute atomic E-state index is 12.0. The molecule has 0 aromatic heterocycles. The van der Waals surface area contributed by atoms with E-state index in [0.717, 1.165) is 29.2 Å². The predicted molar refractivity (Wildman–Crippen MR) is 75.2 cm³/mol. The first-order chi connectivity index (χ1) is 8.74.